The Morgan fingerprint density at radius 1 is 1.18 bits per heavy atom. The Bertz CT molecular complexity index is 298. The second kappa shape index (κ2) is 8.09. The molecule has 3 nitrogen and oxygen atoms in total. The average Bonchev–Trinajstić information content (AvgIpc) is 2.38. The van der Waals surface area contributed by atoms with Crippen LogP contribution in [-0.2, 0) is 4.74 Å². The number of hydrogen-bond donors (Lipinski definition) is 1. The van der Waals surface area contributed by atoms with E-state index in [0.717, 1.165) is 31.9 Å². The van der Waals surface area contributed by atoms with E-state index in [0.29, 0.717) is 6.04 Å². The summed E-state index contributed by atoms with van der Waals surface area (Å²) in [6.07, 6.45) is 1.08. The third-order valence-corrected chi connectivity index (χ3v) is 2.66. The largest absolute Gasteiger partial charge is 0.497 e. The molecule has 1 atom stereocenters. The van der Waals surface area contributed by atoms with Crippen molar-refractivity contribution in [2.24, 2.45) is 0 Å². The van der Waals surface area contributed by atoms with Crippen molar-refractivity contribution in [1.29, 1.82) is 0 Å². The van der Waals surface area contributed by atoms with Gasteiger partial charge in [-0.25, -0.2) is 0 Å². The highest BCUT2D eigenvalue weighted by Crippen LogP contribution is 2.16. The first-order valence-corrected chi connectivity index (χ1v) is 6.23. The normalized spacial score (nSPS) is 12.4. The first-order valence-electron chi connectivity index (χ1n) is 6.23. The van der Waals surface area contributed by atoms with E-state index in [1.807, 2.05) is 12.1 Å². The van der Waals surface area contributed by atoms with Crippen molar-refractivity contribution in [3.63, 3.8) is 0 Å². The standard InChI is InChI=1S/C14H23NO2/c1-4-10-17-11-9-15-12(2)13-5-7-14(16-3)8-6-13/h5-8,12,15H,4,9-11H2,1-3H3. The van der Waals surface area contributed by atoms with Crippen LogP contribution in [-0.4, -0.2) is 26.9 Å². The van der Waals surface area contributed by atoms with E-state index in [1.54, 1.807) is 7.11 Å². The predicted octanol–water partition coefficient (Wildman–Crippen LogP) is 2.77. The minimum absolute atomic E-state index is 0.339. The van der Waals surface area contributed by atoms with Crippen LogP contribution in [0.3, 0.4) is 0 Å². The molecule has 0 aliphatic rings. The summed E-state index contributed by atoms with van der Waals surface area (Å²) in [5.41, 5.74) is 1.27. The molecule has 1 N–H and O–H groups in total. The number of methoxy groups -OCH3 is 1. The van der Waals surface area contributed by atoms with Gasteiger partial charge in [-0.2, -0.15) is 0 Å². The average molecular weight is 237 g/mol. The summed E-state index contributed by atoms with van der Waals surface area (Å²) in [6, 6.07) is 8.49. The Morgan fingerprint density at radius 3 is 2.47 bits per heavy atom. The van der Waals surface area contributed by atoms with Crippen LogP contribution in [0.4, 0.5) is 0 Å². The number of rotatable bonds is 8. The van der Waals surface area contributed by atoms with E-state index in [-0.39, 0.29) is 0 Å². The SMILES string of the molecule is CCCOCCNC(C)c1ccc(OC)cc1. The zero-order chi connectivity index (χ0) is 12.5. The number of nitrogens with one attached hydrogen (secondary N) is 1. The van der Waals surface area contributed by atoms with Crippen molar-refractivity contribution in [1.82, 2.24) is 5.32 Å². The van der Waals surface area contributed by atoms with E-state index < -0.39 is 0 Å². The molecule has 96 valence electrons. The molecule has 0 spiro atoms. The molecule has 1 aromatic carbocycles. The molecule has 0 aliphatic heterocycles. The fourth-order valence-corrected chi connectivity index (χ4v) is 1.60. The minimum atomic E-state index is 0.339. The molecule has 0 saturated carbocycles. The molecule has 0 saturated heterocycles. The van der Waals surface area contributed by atoms with Gasteiger partial charge in [-0.3, -0.25) is 0 Å². The number of hydrogen-bond acceptors (Lipinski definition) is 3. The van der Waals surface area contributed by atoms with Crippen LogP contribution < -0.4 is 10.1 Å². The zero-order valence-corrected chi connectivity index (χ0v) is 11.0. The van der Waals surface area contributed by atoms with Crippen LogP contribution in [0.1, 0.15) is 31.9 Å². The molecule has 0 aliphatic carbocycles. The van der Waals surface area contributed by atoms with Crippen molar-refractivity contribution in [2.45, 2.75) is 26.3 Å². The molecule has 17 heavy (non-hydrogen) atoms. The molecular formula is C14H23NO2. The van der Waals surface area contributed by atoms with E-state index in [2.05, 4.69) is 31.3 Å². The third-order valence-electron chi connectivity index (χ3n) is 2.66. The highest BCUT2D eigenvalue weighted by Gasteiger charge is 2.03. The van der Waals surface area contributed by atoms with Gasteiger partial charge in [0.15, 0.2) is 0 Å². The summed E-state index contributed by atoms with van der Waals surface area (Å²) in [6.45, 7) is 6.77. The molecule has 0 aromatic heterocycles. The first-order chi connectivity index (χ1) is 8.27. The van der Waals surface area contributed by atoms with Crippen LogP contribution in [0.25, 0.3) is 0 Å². The van der Waals surface area contributed by atoms with Crippen LogP contribution in [0.15, 0.2) is 24.3 Å². The molecule has 0 bridgehead atoms. The Morgan fingerprint density at radius 2 is 1.88 bits per heavy atom. The highest BCUT2D eigenvalue weighted by molar-refractivity contribution is 5.28. The summed E-state index contributed by atoms with van der Waals surface area (Å²) >= 11 is 0. The maximum absolute atomic E-state index is 5.42. The van der Waals surface area contributed by atoms with Gasteiger partial charge < -0.3 is 14.8 Å². The first kappa shape index (κ1) is 14.0. The monoisotopic (exact) mass is 237 g/mol. The van der Waals surface area contributed by atoms with Gasteiger partial charge in [-0.1, -0.05) is 19.1 Å². The van der Waals surface area contributed by atoms with E-state index in [4.69, 9.17) is 9.47 Å². The lowest BCUT2D eigenvalue weighted by atomic mass is 10.1. The van der Waals surface area contributed by atoms with Gasteiger partial charge in [0.25, 0.3) is 0 Å². The minimum Gasteiger partial charge on any atom is -0.497 e. The van der Waals surface area contributed by atoms with Crippen molar-refractivity contribution in [2.75, 3.05) is 26.9 Å². The summed E-state index contributed by atoms with van der Waals surface area (Å²) in [5.74, 6) is 0.896. The topological polar surface area (TPSA) is 30.5 Å². The van der Waals surface area contributed by atoms with E-state index in [9.17, 15) is 0 Å². The van der Waals surface area contributed by atoms with Gasteiger partial charge in [-0.05, 0) is 31.0 Å². The second-order valence-corrected chi connectivity index (χ2v) is 4.06. The summed E-state index contributed by atoms with van der Waals surface area (Å²) in [5, 5.41) is 3.43. The predicted molar refractivity (Wildman–Crippen MR) is 70.5 cm³/mol. The maximum atomic E-state index is 5.42. The van der Waals surface area contributed by atoms with Crippen LogP contribution in [0, 0.1) is 0 Å². The lowest BCUT2D eigenvalue weighted by Gasteiger charge is -2.14. The molecule has 0 amide bonds. The Kier molecular flexibility index (Phi) is 6.67. The molecule has 1 unspecified atom stereocenters. The van der Waals surface area contributed by atoms with Gasteiger partial charge in [-0.15, -0.1) is 0 Å². The third kappa shape index (κ3) is 5.20. The quantitative estimate of drug-likeness (QED) is 0.705. The number of benzene rings is 1. The molecule has 3 heteroatoms. The molecule has 0 radical (unpaired) electrons. The van der Waals surface area contributed by atoms with Gasteiger partial charge in [0.05, 0.1) is 13.7 Å². The van der Waals surface area contributed by atoms with Gasteiger partial charge in [0, 0.05) is 19.2 Å². The molecule has 0 fully saturated rings. The fraction of sp³-hybridized carbons (Fsp3) is 0.571. The second-order valence-electron chi connectivity index (χ2n) is 4.06. The zero-order valence-electron chi connectivity index (χ0n) is 11.0. The smallest absolute Gasteiger partial charge is 0.118 e. The number of ether oxygens (including phenoxy) is 2. The lowest BCUT2D eigenvalue weighted by molar-refractivity contribution is 0.135. The van der Waals surface area contributed by atoms with Gasteiger partial charge in [0.1, 0.15) is 5.75 Å². The summed E-state index contributed by atoms with van der Waals surface area (Å²) in [4.78, 5) is 0. The molecular weight excluding hydrogens is 214 g/mol. The highest BCUT2D eigenvalue weighted by atomic mass is 16.5. The molecule has 0 heterocycles. The molecule has 1 aromatic rings. The van der Waals surface area contributed by atoms with Crippen LogP contribution >= 0.6 is 0 Å². The maximum Gasteiger partial charge on any atom is 0.118 e. The Labute approximate surface area is 104 Å². The Balaban J connectivity index is 2.28. The lowest BCUT2D eigenvalue weighted by Crippen LogP contribution is -2.23. The summed E-state index contributed by atoms with van der Waals surface area (Å²) < 4.78 is 10.6. The fourth-order valence-electron chi connectivity index (χ4n) is 1.60. The molecule has 1 rings (SSSR count). The van der Waals surface area contributed by atoms with Gasteiger partial charge >= 0.3 is 0 Å². The Hall–Kier alpha value is -1.06. The van der Waals surface area contributed by atoms with E-state index in [1.165, 1.54) is 5.56 Å². The van der Waals surface area contributed by atoms with Crippen molar-refractivity contribution >= 4 is 0 Å². The van der Waals surface area contributed by atoms with Crippen molar-refractivity contribution < 1.29 is 9.47 Å². The van der Waals surface area contributed by atoms with E-state index >= 15 is 0 Å². The van der Waals surface area contributed by atoms with Crippen molar-refractivity contribution in [3.8, 4) is 5.75 Å². The summed E-state index contributed by atoms with van der Waals surface area (Å²) in [7, 11) is 1.68. The van der Waals surface area contributed by atoms with Crippen molar-refractivity contribution in [3.05, 3.63) is 29.8 Å². The van der Waals surface area contributed by atoms with Gasteiger partial charge in [0.2, 0.25) is 0 Å². The van der Waals surface area contributed by atoms with Crippen LogP contribution in [0.2, 0.25) is 0 Å². The van der Waals surface area contributed by atoms with Crippen LogP contribution in [0.5, 0.6) is 5.75 Å².